The second-order valence-electron chi connectivity index (χ2n) is 3.80. The highest BCUT2D eigenvalue weighted by Crippen LogP contribution is 2.13. The van der Waals surface area contributed by atoms with Gasteiger partial charge in [0.25, 0.3) is 0 Å². The Balaban J connectivity index is 2.72. The minimum Gasteiger partial charge on any atom is -0.467 e. The molecule has 0 aliphatic carbocycles. The van der Waals surface area contributed by atoms with Crippen LogP contribution in [-0.4, -0.2) is 56.6 Å². The van der Waals surface area contributed by atoms with E-state index in [9.17, 15) is 18.0 Å². The first kappa shape index (κ1) is 13.9. The Labute approximate surface area is 100 Å². The number of rotatable bonds is 4. The van der Waals surface area contributed by atoms with E-state index in [2.05, 4.69) is 10.1 Å². The minimum atomic E-state index is -3.29. The predicted molar refractivity (Wildman–Crippen MR) is 59.6 cm³/mol. The third kappa shape index (κ3) is 3.67. The Bertz CT molecular complexity index is 406. The van der Waals surface area contributed by atoms with E-state index in [4.69, 9.17) is 0 Å². The third-order valence-corrected chi connectivity index (χ3v) is 4.38. The van der Waals surface area contributed by atoms with Crippen molar-refractivity contribution < 1.29 is 22.7 Å². The Morgan fingerprint density at radius 1 is 1.47 bits per heavy atom. The van der Waals surface area contributed by atoms with Crippen LogP contribution in [0.15, 0.2) is 0 Å². The summed E-state index contributed by atoms with van der Waals surface area (Å²) in [5.41, 5.74) is 0. The molecule has 0 aromatic heterocycles. The van der Waals surface area contributed by atoms with Gasteiger partial charge in [-0.1, -0.05) is 0 Å². The van der Waals surface area contributed by atoms with Crippen LogP contribution in [0.3, 0.4) is 0 Å². The summed E-state index contributed by atoms with van der Waals surface area (Å²) >= 11 is 0. The zero-order valence-electron chi connectivity index (χ0n) is 9.80. The SMILES string of the molecule is COC(=O)C(CN1CCCS1(=O)=O)NC(C)=O. The largest absolute Gasteiger partial charge is 0.467 e. The van der Waals surface area contributed by atoms with E-state index in [0.29, 0.717) is 13.0 Å². The fourth-order valence-corrected chi connectivity index (χ4v) is 3.20. The molecule has 1 saturated heterocycles. The van der Waals surface area contributed by atoms with Crippen molar-refractivity contribution in [3.05, 3.63) is 0 Å². The van der Waals surface area contributed by atoms with Crippen molar-refractivity contribution in [2.24, 2.45) is 0 Å². The van der Waals surface area contributed by atoms with Crippen molar-refractivity contribution >= 4 is 21.9 Å². The second kappa shape index (κ2) is 5.46. The number of methoxy groups -OCH3 is 1. The topological polar surface area (TPSA) is 92.8 Å². The molecule has 98 valence electrons. The number of nitrogens with zero attached hydrogens (tertiary/aromatic N) is 1. The molecule has 1 unspecified atom stereocenters. The molecule has 0 aromatic rings. The summed E-state index contributed by atoms with van der Waals surface area (Å²) in [5.74, 6) is -0.972. The van der Waals surface area contributed by atoms with E-state index < -0.39 is 27.9 Å². The summed E-state index contributed by atoms with van der Waals surface area (Å²) in [5, 5.41) is 2.38. The summed E-state index contributed by atoms with van der Waals surface area (Å²) < 4.78 is 28.8. The molecule has 17 heavy (non-hydrogen) atoms. The number of amides is 1. The summed E-state index contributed by atoms with van der Waals surface area (Å²) in [6, 6.07) is -0.953. The summed E-state index contributed by atoms with van der Waals surface area (Å²) in [6.45, 7) is 1.55. The van der Waals surface area contributed by atoms with Crippen molar-refractivity contribution in [3.8, 4) is 0 Å². The van der Waals surface area contributed by atoms with Crippen LogP contribution in [0.4, 0.5) is 0 Å². The van der Waals surface area contributed by atoms with E-state index in [1.165, 1.54) is 18.3 Å². The average molecular weight is 264 g/mol. The van der Waals surface area contributed by atoms with E-state index >= 15 is 0 Å². The Hall–Kier alpha value is -1.15. The first-order valence-corrected chi connectivity index (χ1v) is 6.80. The van der Waals surface area contributed by atoms with Crippen LogP contribution in [0.5, 0.6) is 0 Å². The van der Waals surface area contributed by atoms with Gasteiger partial charge in [0.15, 0.2) is 0 Å². The standard InChI is InChI=1S/C9H16N2O5S/c1-7(12)10-8(9(13)16-2)6-11-4-3-5-17(11,14)15/h8H,3-6H2,1-2H3,(H,10,12). The van der Waals surface area contributed by atoms with Crippen LogP contribution < -0.4 is 5.32 Å². The molecule has 8 heteroatoms. The molecule has 0 spiro atoms. The second-order valence-corrected chi connectivity index (χ2v) is 5.89. The molecule has 1 aliphatic rings. The Kier molecular flexibility index (Phi) is 4.47. The molecule has 1 amide bonds. The molecule has 1 atom stereocenters. The number of sulfonamides is 1. The summed E-state index contributed by atoms with van der Waals surface area (Å²) in [4.78, 5) is 22.3. The van der Waals surface area contributed by atoms with Gasteiger partial charge in [-0.05, 0) is 6.42 Å². The lowest BCUT2D eigenvalue weighted by Crippen LogP contribution is -2.48. The van der Waals surface area contributed by atoms with Gasteiger partial charge in [-0.3, -0.25) is 4.79 Å². The summed E-state index contributed by atoms with van der Waals surface area (Å²) in [7, 11) is -2.10. The van der Waals surface area contributed by atoms with Gasteiger partial charge >= 0.3 is 5.97 Å². The number of nitrogens with one attached hydrogen (secondary N) is 1. The number of carbonyl (C=O) groups excluding carboxylic acids is 2. The number of hydrogen-bond donors (Lipinski definition) is 1. The highest BCUT2D eigenvalue weighted by atomic mass is 32.2. The lowest BCUT2D eigenvalue weighted by Gasteiger charge is -2.21. The number of ether oxygens (including phenoxy) is 1. The fourth-order valence-electron chi connectivity index (χ4n) is 1.67. The van der Waals surface area contributed by atoms with Gasteiger partial charge < -0.3 is 10.1 Å². The average Bonchev–Trinajstić information content (AvgIpc) is 2.55. The third-order valence-electron chi connectivity index (χ3n) is 2.45. The molecule has 1 aliphatic heterocycles. The zero-order chi connectivity index (χ0) is 13.1. The van der Waals surface area contributed by atoms with Crippen LogP contribution in [0.2, 0.25) is 0 Å². The number of carbonyl (C=O) groups is 2. The molecule has 1 N–H and O–H groups in total. The predicted octanol–water partition coefficient (Wildman–Crippen LogP) is -1.30. The van der Waals surface area contributed by atoms with Crippen LogP contribution in [0, 0.1) is 0 Å². The zero-order valence-corrected chi connectivity index (χ0v) is 10.6. The summed E-state index contributed by atoms with van der Waals surface area (Å²) in [6.07, 6.45) is 0.538. The van der Waals surface area contributed by atoms with Crippen molar-refractivity contribution in [3.63, 3.8) is 0 Å². The number of esters is 1. The number of hydrogen-bond acceptors (Lipinski definition) is 5. The smallest absolute Gasteiger partial charge is 0.329 e. The first-order valence-electron chi connectivity index (χ1n) is 5.19. The van der Waals surface area contributed by atoms with Gasteiger partial charge in [0.05, 0.1) is 12.9 Å². The van der Waals surface area contributed by atoms with Crippen molar-refractivity contribution in [2.75, 3.05) is 26.0 Å². The van der Waals surface area contributed by atoms with Crippen molar-refractivity contribution in [2.45, 2.75) is 19.4 Å². The van der Waals surface area contributed by atoms with E-state index in [0.717, 1.165) is 0 Å². The fraction of sp³-hybridized carbons (Fsp3) is 0.778. The maximum Gasteiger partial charge on any atom is 0.329 e. The highest BCUT2D eigenvalue weighted by Gasteiger charge is 2.33. The molecule has 0 radical (unpaired) electrons. The Morgan fingerprint density at radius 2 is 2.12 bits per heavy atom. The molecule has 1 rings (SSSR count). The van der Waals surface area contributed by atoms with Gasteiger partial charge in [-0.2, -0.15) is 4.31 Å². The maximum atomic E-state index is 11.6. The molecular weight excluding hydrogens is 248 g/mol. The highest BCUT2D eigenvalue weighted by molar-refractivity contribution is 7.89. The monoisotopic (exact) mass is 264 g/mol. The normalized spacial score (nSPS) is 20.8. The van der Waals surface area contributed by atoms with Gasteiger partial charge in [0, 0.05) is 20.0 Å². The lowest BCUT2D eigenvalue weighted by molar-refractivity contribution is -0.145. The van der Waals surface area contributed by atoms with Crippen LogP contribution in [-0.2, 0) is 24.3 Å². The van der Waals surface area contributed by atoms with Crippen LogP contribution >= 0.6 is 0 Å². The maximum absolute atomic E-state index is 11.6. The quantitative estimate of drug-likeness (QED) is 0.637. The molecule has 0 aromatic carbocycles. The van der Waals surface area contributed by atoms with Gasteiger partial charge in [-0.25, -0.2) is 13.2 Å². The Morgan fingerprint density at radius 3 is 2.53 bits per heavy atom. The molecular formula is C9H16N2O5S. The lowest BCUT2D eigenvalue weighted by atomic mass is 10.3. The minimum absolute atomic E-state index is 0.0748. The molecule has 7 nitrogen and oxygen atoms in total. The first-order chi connectivity index (χ1) is 7.86. The van der Waals surface area contributed by atoms with E-state index in [-0.39, 0.29) is 12.3 Å². The van der Waals surface area contributed by atoms with Gasteiger partial charge in [-0.15, -0.1) is 0 Å². The molecule has 0 bridgehead atoms. The van der Waals surface area contributed by atoms with Crippen LogP contribution in [0.1, 0.15) is 13.3 Å². The van der Waals surface area contributed by atoms with E-state index in [1.54, 1.807) is 0 Å². The molecule has 0 saturated carbocycles. The van der Waals surface area contributed by atoms with Crippen molar-refractivity contribution in [1.82, 2.24) is 9.62 Å². The molecule has 1 heterocycles. The van der Waals surface area contributed by atoms with Crippen LogP contribution in [0.25, 0.3) is 0 Å². The van der Waals surface area contributed by atoms with Crippen molar-refractivity contribution in [1.29, 1.82) is 0 Å². The van der Waals surface area contributed by atoms with E-state index in [1.807, 2.05) is 0 Å². The molecule has 1 fully saturated rings. The van der Waals surface area contributed by atoms with Gasteiger partial charge in [0.1, 0.15) is 6.04 Å². The van der Waals surface area contributed by atoms with Gasteiger partial charge in [0.2, 0.25) is 15.9 Å².